The van der Waals surface area contributed by atoms with E-state index in [0.29, 0.717) is 17.5 Å². The molecule has 33 heteroatoms. The van der Waals surface area contributed by atoms with E-state index in [1.165, 1.54) is 53.7 Å². The highest BCUT2D eigenvalue weighted by atomic mass is 33.4. The molecule has 0 radical (unpaired) electrons. The Morgan fingerprint density at radius 2 is 0.685 bits per heavy atom. The van der Waals surface area contributed by atoms with Crippen LogP contribution in [-0.2, 0) is 197 Å². The second-order valence-electron chi connectivity index (χ2n) is 19.4. The third-order valence-electron chi connectivity index (χ3n) is 12.9. The minimum atomic E-state index is -1.04. The van der Waals surface area contributed by atoms with Crippen molar-refractivity contribution in [1.82, 2.24) is 0 Å². The van der Waals surface area contributed by atoms with Gasteiger partial charge in [0.15, 0.2) is 21.7 Å². The van der Waals surface area contributed by atoms with Crippen LogP contribution in [0.15, 0.2) is 123 Å². The van der Waals surface area contributed by atoms with Crippen LogP contribution < -0.4 is 43.4 Å². The molecular formula is C56H40O14S19. The van der Waals surface area contributed by atoms with Crippen molar-refractivity contribution in [2.24, 2.45) is 0 Å². The average molecular weight is 1550 g/mol. The molecule has 1 N–H and O–H groups in total. The lowest BCUT2D eigenvalue weighted by atomic mass is 9.98. The molecule has 10 rings (SSSR count). The summed E-state index contributed by atoms with van der Waals surface area (Å²) >= 11 is 20.3. The molecule has 0 aliphatic carbocycles. The molecule has 89 heavy (non-hydrogen) atoms. The van der Waals surface area contributed by atoms with Crippen LogP contribution in [0.25, 0.3) is 83.4 Å². The second-order valence-corrected chi connectivity index (χ2v) is 44.5. The third-order valence-corrected chi connectivity index (χ3v) is 39.7. The number of carboxylic acids is 1. The summed E-state index contributed by atoms with van der Waals surface area (Å²) < 4.78 is 5.64. The van der Waals surface area contributed by atoms with E-state index in [9.17, 15) is 57.5 Å². The quantitative estimate of drug-likeness (QED) is 0.118. The maximum absolute atomic E-state index is 13.6. The zero-order valence-corrected chi connectivity index (χ0v) is 61.3. The van der Waals surface area contributed by atoms with Gasteiger partial charge in [-0.05, 0) is 69.0 Å². The number of hydrogen-bond acceptors (Lipinski definition) is 19. The van der Waals surface area contributed by atoms with E-state index < -0.39 is 50.1 Å². The number of thiophene rings is 2. The molecule has 462 valence electrons. The van der Waals surface area contributed by atoms with Crippen LogP contribution >= 0.6 is 22.7 Å². The standard InChI is InChI=1S/C30H24O7S.C26H16O7S.S9.S8/c1-30(2,3)37-21(32)13-11-16(31)10-8-15-9-12-19-20(14-15)25(34)23-22-24(33)17-6-4-5-7-18(17)26(35)28(22)38-29(23)27(19)36;27-13(8-10-18(28)29)7-5-12-6-9-16-17(11-12)22(31)20-19-21(30)14-3-1-2-4-15(14)23(32)25(19)34-26(20)24(16)33;1-3-5-7-9-8-6-4-2;1-3-5-7-8-6-4-2/h4-7,9,12,14H,8,10-11,13H2,1-3H3;1-4,6,9,11H,5,7-8,10H2,(H,28,29);;. The number of ketones is 2. The molecule has 0 aliphatic heterocycles. The van der Waals surface area contributed by atoms with Crippen LogP contribution in [0.5, 0.6) is 0 Å². The Morgan fingerprint density at radius 3 is 1.00 bits per heavy atom. The smallest absolute Gasteiger partial charge is 0.306 e. The van der Waals surface area contributed by atoms with Crippen LogP contribution in [0.4, 0.5) is 0 Å². The van der Waals surface area contributed by atoms with Crippen molar-refractivity contribution in [2.75, 3.05) is 0 Å². The number of esters is 1. The molecule has 0 bridgehead atoms. The summed E-state index contributed by atoms with van der Waals surface area (Å²) in [5, 5.41) is 10.3. The predicted molar refractivity (Wildman–Crippen MR) is 407 cm³/mol. The SMILES string of the molecule is CC(C)(C)OC(=O)CCC(=O)CCc1ccc2c(=O)c3sc4c(=O)c5ccccc5c(=O)c4c3c(=O)c2c1.O=C(O)CCC(=O)CCc1ccc2c(=O)c3sc4c(=O)c5ccccc5c(=O)c4c3c(=O)c2c1.S=S=S=S=S=S=S=S.S=S=S=S=S=S=S=S=S. The molecule has 0 saturated heterocycles. The van der Waals surface area contributed by atoms with Gasteiger partial charge in [0.2, 0.25) is 21.7 Å². The van der Waals surface area contributed by atoms with E-state index in [2.05, 4.69) is 44.8 Å². The van der Waals surface area contributed by atoms with Crippen molar-refractivity contribution in [2.45, 2.75) is 77.7 Å². The average Bonchev–Trinajstić information content (AvgIpc) is 1.61. The summed E-state index contributed by atoms with van der Waals surface area (Å²) in [7, 11) is 20.0. The summed E-state index contributed by atoms with van der Waals surface area (Å²) in [6.45, 7) is 5.28. The van der Waals surface area contributed by atoms with E-state index in [1.807, 2.05) is 0 Å². The normalized spacial score (nSPS) is 10.9. The number of carboxylic acid groups (broad SMARTS) is 1. The fourth-order valence-electron chi connectivity index (χ4n) is 9.22. The molecule has 10 aromatic rings. The summed E-state index contributed by atoms with van der Waals surface area (Å²) in [4.78, 5) is 153. The lowest BCUT2D eigenvalue weighted by Crippen LogP contribution is -2.24. The van der Waals surface area contributed by atoms with Gasteiger partial charge >= 0.3 is 11.9 Å². The minimum absolute atomic E-state index is 0.000392. The van der Waals surface area contributed by atoms with Gasteiger partial charge in [0.1, 0.15) is 17.2 Å². The number of ether oxygens (including phenoxy) is 1. The molecule has 2 heterocycles. The number of benzene rings is 8. The fraction of sp³-hybridized carbons (Fsp3) is 0.214. The van der Waals surface area contributed by atoms with Crippen molar-refractivity contribution in [1.29, 1.82) is 0 Å². The van der Waals surface area contributed by atoms with Crippen LogP contribution in [0.1, 0.15) is 70.4 Å². The van der Waals surface area contributed by atoms with Crippen molar-refractivity contribution < 1.29 is 29.0 Å². The Morgan fingerprint density at radius 1 is 0.393 bits per heavy atom. The van der Waals surface area contributed by atoms with Gasteiger partial charge in [0, 0.05) is 229 Å². The highest BCUT2D eigenvalue weighted by molar-refractivity contribution is 8.72. The number of carbonyl (C=O) groups excluding carboxylic acids is 3. The largest absolute Gasteiger partial charge is 0.481 e. The maximum atomic E-state index is 13.6. The summed E-state index contributed by atoms with van der Waals surface area (Å²) in [5.74, 6) is -1.81. The lowest BCUT2D eigenvalue weighted by molar-refractivity contribution is -0.155. The first-order chi connectivity index (χ1) is 42.6. The second kappa shape index (κ2) is 34.0. The molecular weight excluding hydrogens is 1510 g/mol. The predicted octanol–water partition coefficient (Wildman–Crippen LogP) is 7.30. The van der Waals surface area contributed by atoms with E-state index in [0.717, 1.165) is 22.7 Å². The molecule has 2 aromatic heterocycles. The molecule has 0 spiro atoms. The minimum Gasteiger partial charge on any atom is -0.481 e. The first-order valence-corrected chi connectivity index (χ1v) is 47.0. The van der Waals surface area contributed by atoms with Gasteiger partial charge in [-0.2, -0.15) is 0 Å². The van der Waals surface area contributed by atoms with Gasteiger partial charge in [-0.3, -0.25) is 57.5 Å². The highest BCUT2D eigenvalue weighted by Gasteiger charge is 2.25. The Kier molecular flexibility index (Phi) is 27.5. The topological polar surface area (TPSA) is 234 Å². The number of carbonyl (C=O) groups is 4. The number of fused-ring (bicyclic) bond motifs is 10. The van der Waals surface area contributed by atoms with Gasteiger partial charge in [0.25, 0.3) is 0 Å². The van der Waals surface area contributed by atoms with Crippen molar-refractivity contribution in [3.05, 3.63) is 178 Å². The molecule has 14 nitrogen and oxygen atoms in total. The molecule has 0 unspecified atom stereocenters. The summed E-state index contributed by atoms with van der Waals surface area (Å²) in [5.41, 5.74) is -2.74. The zero-order chi connectivity index (χ0) is 64.7. The Bertz CT molecular complexity index is 5660. The van der Waals surface area contributed by atoms with Crippen molar-refractivity contribution in [3.8, 4) is 0 Å². The van der Waals surface area contributed by atoms with Crippen LogP contribution in [0, 0.1) is 0 Å². The number of Topliss-reactive ketones (excluding diaryl/α,β-unsaturated/α-hetero) is 2. The van der Waals surface area contributed by atoms with E-state index >= 15 is 0 Å². The number of rotatable bonds is 12. The number of hydrogen-bond donors (Lipinski definition) is 1. The van der Waals surface area contributed by atoms with Crippen LogP contribution in [0.3, 0.4) is 0 Å². The first-order valence-electron chi connectivity index (χ1n) is 25.4. The zero-order valence-electron chi connectivity index (χ0n) is 45.8. The van der Waals surface area contributed by atoms with Gasteiger partial charge in [-0.1, -0.05) is 60.7 Å². The highest BCUT2D eigenvalue weighted by Crippen LogP contribution is 2.31. The number of aryl methyl sites for hydroxylation is 2. The van der Waals surface area contributed by atoms with Gasteiger partial charge in [-0.25, -0.2) is 0 Å². The molecule has 0 atom stereocenters. The Balaban J connectivity index is 0.000000202. The van der Waals surface area contributed by atoms with E-state index in [1.54, 1.807) is 167 Å². The lowest BCUT2D eigenvalue weighted by Gasteiger charge is -2.19. The van der Waals surface area contributed by atoms with Gasteiger partial charge in [0.05, 0.1) is 53.2 Å². The monoisotopic (exact) mass is 1540 g/mol. The molecule has 0 aliphatic rings. The molecule has 0 amide bonds. The van der Waals surface area contributed by atoms with Crippen molar-refractivity contribution in [3.63, 3.8) is 0 Å². The maximum Gasteiger partial charge on any atom is 0.306 e. The summed E-state index contributed by atoms with van der Waals surface area (Å²) in [6, 6.07) is 22.3. The molecule has 0 fully saturated rings. The fourth-order valence-corrected chi connectivity index (χ4v) is 36.3. The van der Waals surface area contributed by atoms with Gasteiger partial charge < -0.3 is 9.84 Å². The van der Waals surface area contributed by atoms with E-state index in [-0.39, 0.29) is 151 Å². The Labute approximate surface area is 567 Å². The Hall–Kier alpha value is -4.34. The summed E-state index contributed by atoms with van der Waals surface area (Å²) in [6.07, 6.45) is 0.615. The van der Waals surface area contributed by atoms with Crippen LogP contribution in [0.2, 0.25) is 0 Å². The van der Waals surface area contributed by atoms with Crippen molar-refractivity contribution >= 4 is 290 Å². The molecule has 0 saturated carbocycles. The third kappa shape index (κ3) is 18.1. The van der Waals surface area contributed by atoms with Crippen LogP contribution in [-0.4, -0.2) is 34.2 Å². The van der Waals surface area contributed by atoms with Gasteiger partial charge in [-0.15, -0.1) is 22.7 Å². The van der Waals surface area contributed by atoms with E-state index in [4.69, 9.17) is 9.84 Å². The molecule has 8 aromatic carbocycles. The first kappa shape index (κ1) is 72.1. The number of aliphatic carboxylic acids is 1.